The van der Waals surface area contributed by atoms with Gasteiger partial charge in [-0.2, -0.15) is 0 Å². The van der Waals surface area contributed by atoms with Crippen molar-refractivity contribution >= 4 is 17.3 Å². The van der Waals surface area contributed by atoms with E-state index in [1.165, 1.54) is 11.1 Å². The van der Waals surface area contributed by atoms with Gasteiger partial charge >= 0.3 is 5.97 Å². The van der Waals surface area contributed by atoms with Crippen molar-refractivity contribution < 1.29 is 14.3 Å². The molecular weight excluding hydrogens is 250 g/mol. The van der Waals surface area contributed by atoms with Gasteiger partial charge in [0.1, 0.15) is 0 Å². The Morgan fingerprint density at radius 3 is 3.00 bits per heavy atom. The Labute approximate surface area is 109 Å². The molecule has 0 aliphatic rings. The van der Waals surface area contributed by atoms with E-state index in [1.54, 1.807) is 17.4 Å². The lowest BCUT2D eigenvalue weighted by molar-refractivity contribution is 0.0660. The van der Waals surface area contributed by atoms with Crippen molar-refractivity contribution in [2.24, 2.45) is 0 Å². The quantitative estimate of drug-likeness (QED) is 0.841. The number of nitrogens with one attached hydrogen (secondary N) is 1. The lowest BCUT2D eigenvalue weighted by Gasteiger charge is -2.14. The molecule has 0 aliphatic heterocycles. The van der Waals surface area contributed by atoms with E-state index in [1.807, 2.05) is 11.4 Å². The number of furan rings is 1. The van der Waals surface area contributed by atoms with Crippen LogP contribution in [-0.4, -0.2) is 11.1 Å². The zero-order valence-electron chi connectivity index (χ0n) is 10.1. The van der Waals surface area contributed by atoms with Crippen LogP contribution in [0, 0.1) is 0 Å². The van der Waals surface area contributed by atoms with Gasteiger partial charge in [0.15, 0.2) is 0 Å². The first-order valence-electron chi connectivity index (χ1n) is 5.78. The van der Waals surface area contributed by atoms with Crippen LogP contribution < -0.4 is 5.32 Å². The van der Waals surface area contributed by atoms with Gasteiger partial charge < -0.3 is 14.8 Å². The molecule has 18 heavy (non-hydrogen) atoms. The van der Waals surface area contributed by atoms with Crippen LogP contribution in [-0.2, 0) is 6.54 Å². The van der Waals surface area contributed by atoms with E-state index in [0.717, 1.165) is 6.42 Å². The molecule has 0 aliphatic carbocycles. The first kappa shape index (κ1) is 12.9. The SMILES string of the molecule is CCC(NCc1ccoc1C(=O)O)c1cccs1. The summed E-state index contributed by atoms with van der Waals surface area (Å²) >= 11 is 1.70. The molecule has 5 heteroatoms. The molecule has 0 saturated carbocycles. The zero-order valence-corrected chi connectivity index (χ0v) is 10.9. The van der Waals surface area contributed by atoms with Crippen LogP contribution in [0.3, 0.4) is 0 Å². The fraction of sp³-hybridized carbons (Fsp3) is 0.308. The Morgan fingerprint density at radius 1 is 1.56 bits per heavy atom. The highest BCUT2D eigenvalue weighted by Gasteiger charge is 2.15. The third kappa shape index (κ3) is 2.80. The van der Waals surface area contributed by atoms with Crippen LogP contribution in [0.15, 0.2) is 34.3 Å². The van der Waals surface area contributed by atoms with Crippen LogP contribution in [0.1, 0.15) is 40.4 Å². The average molecular weight is 265 g/mol. The van der Waals surface area contributed by atoms with Crippen LogP contribution in [0.25, 0.3) is 0 Å². The van der Waals surface area contributed by atoms with E-state index >= 15 is 0 Å². The Hall–Kier alpha value is -1.59. The minimum atomic E-state index is -1.03. The van der Waals surface area contributed by atoms with Gasteiger partial charge in [0.05, 0.1) is 6.26 Å². The van der Waals surface area contributed by atoms with E-state index in [9.17, 15) is 4.79 Å². The van der Waals surface area contributed by atoms with E-state index in [0.29, 0.717) is 12.1 Å². The molecule has 0 saturated heterocycles. The van der Waals surface area contributed by atoms with Gasteiger partial charge in [0.2, 0.25) is 5.76 Å². The molecule has 0 radical (unpaired) electrons. The summed E-state index contributed by atoms with van der Waals surface area (Å²) in [7, 11) is 0. The fourth-order valence-corrected chi connectivity index (χ4v) is 2.72. The molecule has 0 aromatic carbocycles. The second-order valence-corrected chi connectivity index (χ2v) is 4.92. The summed E-state index contributed by atoms with van der Waals surface area (Å²) in [5.74, 6) is -1.01. The third-order valence-electron chi connectivity index (χ3n) is 2.77. The second kappa shape index (κ2) is 5.84. The number of thiophene rings is 1. The molecule has 0 bridgehead atoms. The lowest BCUT2D eigenvalue weighted by atomic mass is 10.1. The van der Waals surface area contributed by atoms with Crippen LogP contribution in [0.2, 0.25) is 0 Å². The number of hydrogen-bond donors (Lipinski definition) is 2. The van der Waals surface area contributed by atoms with Crippen LogP contribution in [0.5, 0.6) is 0 Å². The molecular formula is C13H15NO3S. The summed E-state index contributed by atoms with van der Waals surface area (Å²) in [6.45, 7) is 2.60. The standard InChI is InChI=1S/C13H15NO3S/c1-2-10(11-4-3-7-18-11)14-8-9-5-6-17-12(9)13(15)16/h3-7,10,14H,2,8H2,1H3,(H,15,16). The molecule has 2 rings (SSSR count). The third-order valence-corrected chi connectivity index (χ3v) is 3.76. The van der Waals surface area contributed by atoms with E-state index in [4.69, 9.17) is 9.52 Å². The molecule has 96 valence electrons. The first-order chi connectivity index (χ1) is 8.72. The molecule has 2 heterocycles. The summed E-state index contributed by atoms with van der Waals surface area (Å²) < 4.78 is 4.95. The predicted molar refractivity (Wildman–Crippen MR) is 69.9 cm³/mol. The minimum Gasteiger partial charge on any atom is -0.475 e. The summed E-state index contributed by atoms with van der Waals surface area (Å²) in [5, 5.41) is 14.3. The molecule has 2 N–H and O–H groups in total. The normalized spacial score (nSPS) is 12.5. The van der Waals surface area contributed by atoms with Crippen molar-refractivity contribution in [3.8, 4) is 0 Å². The Kier molecular flexibility index (Phi) is 4.17. The summed E-state index contributed by atoms with van der Waals surface area (Å²) in [6, 6.07) is 6.04. The maximum Gasteiger partial charge on any atom is 0.372 e. The van der Waals surface area contributed by atoms with Crippen molar-refractivity contribution in [3.05, 3.63) is 46.0 Å². The zero-order chi connectivity index (χ0) is 13.0. The summed E-state index contributed by atoms with van der Waals surface area (Å²) in [4.78, 5) is 12.2. The minimum absolute atomic E-state index is 0.0172. The largest absolute Gasteiger partial charge is 0.475 e. The highest BCUT2D eigenvalue weighted by molar-refractivity contribution is 7.10. The maximum atomic E-state index is 10.9. The van der Waals surface area contributed by atoms with E-state index in [2.05, 4.69) is 18.3 Å². The number of carboxylic acids is 1. The Bertz CT molecular complexity index is 504. The van der Waals surface area contributed by atoms with Gasteiger partial charge in [0, 0.05) is 23.0 Å². The highest BCUT2D eigenvalue weighted by atomic mass is 32.1. The van der Waals surface area contributed by atoms with Crippen LogP contribution >= 0.6 is 11.3 Å². The molecule has 2 aromatic rings. The highest BCUT2D eigenvalue weighted by Crippen LogP contribution is 2.22. The van der Waals surface area contributed by atoms with Gasteiger partial charge in [-0.05, 0) is 23.9 Å². The van der Waals surface area contributed by atoms with Crippen molar-refractivity contribution in [1.29, 1.82) is 0 Å². The Morgan fingerprint density at radius 2 is 2.39 bits per heavy atom. The van der Waals surface area contributed by atoms with Crippen molar-refractivity contribution in [2.45, 2.75) is 25.9 Å². The summed E-state index contributed by atoms with van der Waals surface area (Å²) in [5.41, 5.74) is 0.678. The molecule has 4 nitrogen and oxygen atoms in total. The first-order valence-corrected chi connectivity index (χ1v) is 6.66. The monoisotopic (exact) mass is 265 g/mol. The number of carboxylic acid groups (broad SMARTS) is 1. The number of rotatable bonds is 6. The molecule has 0 amide bonds. The molecule has 2 aromatic heterocycles. The fourth-order valence-electron chi connectivity index (χ4n) is 1.83. The lowest BCUT2D eigenvalue weighted by Crippen LogP contribution is -2.20. The smallest absolute Gasteiger partial charge is 0.372 e. The second-order valence-electron chi connectivity index (χ2n) is 3.94. The number of aromatic carboxylic acids is 1. The Balaban J connectivity index is 2.02. The summed E-state index contributed by atoms with van der Waals surface area (Å²) in [6.07, 6.45) is 2.37. The van der Waals surface area contributed by atoms with Crippen molar-refractivity contribution in [1.82, 2.24) is 5.32 Å². The van der Waals surface area contributed by atoms with Gasteiger partial charge in [-0.3, -0.25) is 0 Å². The molecule has 1 unspecified atom stereocenters. The van der Waals surface area contributed by atoms with Crippen molar-refractivity contribution in [3.63, 3.8) is 0 Å². The number of carbonyl (C=O) groups is 1. The maximum absolute atomic E-state index is 10.9. The topological polar surface area (TPSA) is 62.5 Å². The van der Waals surface area contributed by atoms with E-state index in [-0.39, 0.29) is 11.8 Å². The van der Waals surface area contributed by atoms with Gasteiger partial charge in [-0.1, -0.05) is 13.0 Å². The predicted octanol–water partition coefficient (Wildman–Crippen LogP) is 3.28. The van der Waals surface area contributed by atoms with Gasteiger partial charge in [0.25, 0.3) is 0 Å². The van der Waals surface area contributed by atoms with Gasteiger partial charge in [-0.15, -0.1) is 11.3 Å². The van der Waals surface area contributed by atoms with Crippen molar-refractivity contribution in [2.75, 3.05) is 0 Å². The van der Waals surface area contributed by atoms with Gasteiger partial charge in [-0.25, -0.2) is 4.79 Å². The molecule has 0 fully saturated rings. The average Bonchev–Trinajstić information content (AvgIpc) is 2.99. The van der Waals surface area contributed by atoms with Crippen LogP contribution in [0.4, 0.5) is 0 Å². The molecule has 1 atom stereocenters. The number of hydrogen-bond acceptors (Lipinski definition) is 4. The van der Waals surface area contributed by atoms with E-state index < -0.39 is 5.97 Å². The molecule has 0 spiro atoms.